The maximum atomic E-state index is 4.43. The smallest absolute Gasteiger partial charge is 0.0854 e. The summed E-state index contributed by atoms with van der Waals surface area (Å²) in [5.41, 5.74) is 0. The number of hydrogen-bond donors (Lipinski definition) is 0. The van der Waals surface area contributed by atoms with Gasteiger partial charge < -0.3 is 4.90 Å². The summed E-state index contributed by atoms with van der Waals surface area (Å²) in [5, 5.41) is 0. The van der Waals surface area contributed by atoms with Crippen LogP contribution in [-0.4, -0.2) is 30.4 Å². The molecule has 0 amide bonds. The largest absolute Gasteiger partial charge is 0.361 e. The molecule has 0 saturated carbocycles. The molecule has 1 rings (SSSR count). The number of nitrogens with zero attached hydrogens (tertiary/aromatic N) is 2. The second-order valence-corrected chi connectivity index (χ2v) is 3.15. The predicted molar refractivity (Wildman–Crippen MR) is 49.1 cm³/mol. The van der Waals surface area contributed by atoms with Gasteiger partial charge in [0.25, 0.3) is 0 Å². The van der Waals surface area contributed by atoms with Gasteiger partial charge in [0.15, 0.2) is 0 Å². The first kappa shape index (κ1) is 8.57. The first-order chi connectivity index (χ1) is 5.36. The van der Waals surface area contributed by atoms with Crippen LogP contribution < -0.4 is 0 Å². The molecule has 0 aliphatic carbocycles. The molecule has 0 saturated heterocycles. The fraction of sp³-hybridized carbons (Fsp3) is 0.889. The van der Waals surface area contributed by atoms with E-state index in [2.05, 4.69) is 23.7 Å². The molecule has 0 aromatic heterocycles. The van der Waals surface area contributed by atoms with Gasteiger partial charge in [0.1, 0.15) is 0 Å². The van der Waals surface area contributed by atoms with Crippen molar-refractivity contribution in [2.45, 2.75) is 39.2 Å². The minimum Gasteiger partial charge on any atom is -0.361 e. The molecule has 64 valence electrons. The van der Waals surface area contributed by atoms with Gasteiger partial charge in [-0.15, -0.1) is 0 Å². The van der Waals surface area contributed by atoms with E-state index in [0.29, 0.717) is 6.04 Å². The number of aliphatic imine (C=N–C) groups is 1. The van der Waals surface area contributed by atoms with Gasteiger partial charge in [-0.2, -0.15) is 0 Å². The van der Waals surface area contributed by atoms with Crippen LogP contribution in [0.5, 0.6) is 0 Å². The van der Waals surface area contributed by atoms with Crippen LogP contribution in [-0.2, 0) is 0 Å². The van der Waals surface area contributed by atoms with Crippen molar-refractivity contribution in [2.75, 3.05) is 13.1 Å². The van der Waals surface area contributed by atoms with E-state index >= 15 is 0 Å². The van der Waals surface area contributed by atoms with Crippen LogP contribution in [0.15, 0.2) is 4.99 Å². The summed E-state index contributed by atoms with van der Waals surface area (Å²) in [6.45, 7) is 6.66. The molecule has 1 atom stereocenters. The van der Waals surface area contributed by atoms with Crippen LogP contribution >= 0.6 is 0 Å². The Kier molecular flexibility index (Phi) is 3.40. The van der Waals surface area contributed by atoms with E-state index < -0.39 is 0 Å². The summed E-state index contributed by atoms with van der Waals surface area (Å²) in [6, 6.07) is 0.592. The van der Waals surface area contributed by atoms with Crippen molar-refractivity contribution in [3.63, 3.8) is 0 Å². The monoisotopic (exact) mass is 154 g/mol. The van der Waals surface area contributed by atoms with Crippen molar-refractivity contribution < 1.29 is 0 Å². The van der Waals surface area contributed by atoms with Crippen molar-refractivity contribution in [2.24, 2.45) is 4.99 Å². The Balaban J connectivity index is 2.15. The molecule has 0 spiro atoms. The zero-order chi connectivity index (χ0) is 8.10. The Morgan fingerprint density at radius 3 is 2.91 bits per heavy atom. The van der Waals surface area contributed by atoms with E-state index in [1.54, 1.807) is 0 Å². The first-order valence-electron chi connectivity index (χ1n) is 4.64. The van der Waals surface area contributed by atoms with E-state index in [0.717, 1.165) is 13.1 Å². The highest BCUT2D eigenvalue weighted by molar-refractivity contribution is 5.57. The highest BCUT2D eigenvalue weighted by atomic mass is 15.2. The molecule has 2 nitrogen and oxygen atoms in total. The van der Waals surface area contributed by atoms with Gasteiger partial charge in [0, 0.05) is 13.1 Å². The summed E-state index contributed by atoms with van der Waals surface area (Å²) in [7, 11) is 0. The fourth-order valence-electron chi connectivity index (χ4n) is 1.37. The highest BCUT2D eigenvalue weighted by Gasteiger charge is 2.14. The van der Waals surface area contributed by atoms with E-state index in [1.165, 1.54) is 19.3 Å². The summed E-state index contributed by atoms with van der Waals surface area (Å²) in [5.74, 6) is 0. The first-order valence-corrected chi connectivity index (χ1v) is 4.64. The third kappa shape index (κ3) is 2.52. The lowest BCUT2D eigenvalue weighted by atomic mass is 10.1. The van der Waals surface area contributed by atoms with Gasteiger partial charge in [-0.3, -0.25) is 4.99 Å². The Morgan fingerprint density at radius 1 is 1.55 bits per heavy atom. The zero-order valence-electron chi connectivity index (χ0n) is 7.58. The zero-order valence-corrected chi connectivity index (χ0v) is 7.58. The Labute approximate surface area is 69.3 Å². The molecule has 0 radical (unpaired) electrons. The number of hydrogen-bond acceptors (Lipinski definition) is 2. The Morgan fingerprint density at radius 2 is 2.36 bits per heavy atom. The van der Waals surface area contributed by atoms with E-state index in [1.807, 2.05) is 6.34 Å². The third-order valence-corrected chi connectivity index (χ3v) is 2.18. The molecule has 0 aromatic carbocycles. The van der Waals surface area contributed by atoms with Crippen molar-refractivity contribution >= 4 is 6.34 Å². The molecule has 0 fully saturated rings. The molecular formula is C9H18N2. The molecule has 0 aromatic rings. The number of rotatable bonds is 4. The molecule has 11 heavy (non-hydrogen) atoms. The van der Waals surface area contributed by atoms with Crippen LogP contribution in [0.25, 0.3) is 0 Å². The summed E-state index contributed by atoms with van der Waals surface area (Å²) in [4.78, 5) is 6.70. The average molecular weight is 154 g/mol. The van der Waals surface area contributed by atoms with Gasteiger partial charge in [0.2, 0.25) is 0 Å². The van der Waals surface area contributed by atoms with Gasteiger partial charge in [-0.25, -0.2) is 0 Å². The number of likely N-dealkylation sites (N-methyl/N-ethyl adjacent to an activating group) is 1. The normalized spacial score (nSPS) is 23.1. The predicted octanol–water partition coefficient (Wildman–Crippen LogP) is 1.91. The van der Waals surface area contributed by atoms with Crippen LogP contribution in [0.2, 0.25) is 0 Å². The minimum atomic E-state index is 0.592. The highest BCUT2D eigenvalue weighted by Crippen LogP contribution is 2.10. The molecule has 1 aliphatic heterocycles. The lowest BCUT2D eigenvalue weighted by molar-refractivity contribution is 0.434. The molecule has 1 unspecified atom stereocenters. The van der Waals surface area contributed by atoms with Gasteiger partial charge in [-0.1, -0.05) is 19.8 Å². The van der Waals surface area contributed by atoms with Crippen molar-refractivity contribution in [3.05, 3.63) is 0 Å². The van der Waals surface area contributed by atoms with E-state index in [-0.39, 0.29) is 0 Å². The summed E-state index contributed by atoms with van der Waals surface area (Å²) < 4.78 is 0. The minimum absolute atomic E-state index is 0.592. The standard InChI is InChI=1S/C9H18N2/c1-3-5-6-9-7-11(4-2)8-10-9/h8-9H,3-7H2,1-2H3. The maximum absolute atomic E-state index is 4.43. The van der Waals surface area contributed by atoms with Crippen LogP contribution in [0, 0.1) is 0 Å². The summed E-state index contributed by atoms with van der Waals surface area (Å²) in [6.07, 6.45) is 5.88. The molecule has 0 N–H and O–H groups in total. The van der Waals surface area contributed by atoms with Crippen LogP contribution in [0.1, 0.15) is 33.1 Å². The van der Waals surface area contributed by atoms with Gasteiger partial charge in [-0.05, 0) is 13.3 Å². The second kappa shape index (κ2) is 4.37. The topological polar surface area (TPSA) is 15.6 Å². The molecule has 1 heterocycles. The fourth-order valence-corrected chi connectivity index (χ4v) is 1.37. The lowest BCUT2D eigenvalue weighted by Crippen LogP contribution is -2.22. The van der Waals surface area contributed by atoms with E-state index in [4.69, 9.17) is 0 Å². The quantitative estimate of drug-likeness (QED) is 0.604. The maximum Gasteiger partial charge on any atom is 0.0854 e. The molecule has 1 aliphatic rings. The van der Waals surface area contributed by atoms with Gasteiger partial charge >= 0.3 is 0 Å². The Hall–Kier alpha value is -0.530. The van der Waals surface area contributed by atoms with Gasteiger partial charge in [0.05, 0.1) is 12.4 Å². The lowest BCUT2D eigenvalue weighted by Gasteiger charge is -2.12. The third-order valence-electron chi connectivity index (χ3n) is 2.18. The van der Waals surface area contributed by atoms with Crippen molar-refractivity contribution in [1.29, 1.82) is 0 Å². The molecule has 2 heteroatoms. The SMILES string of the molecule is CCCCC1CN(CC)C=N1. The second-order valence-electron chi connectivity index (χ2n) is 3.15. The van der Waals surface area contributed by atoms with Crippen LogP contribution in [0.4, 0.5) is 0 Å². The van der Waals surface area contributed by atoms with E-state index in [9.17, 15) is 0 Å². The summed E-state index contributed by atoms with van der Waals surface area (Å²) >= 11 is 0. The van der Waals surface area contributed by atoms with Crippen LogP contribution in [0.3, 0.4) is 0 Å². The average Bonchev–Trinajstić information content (AvgIpc) is 2.48. The molecule has 0 bridgehead atoms. The van der Waals surface area contributed by atoms with Crippen molar-refractivity contribution in [1.82, 2.24) is 4.90 Å². The Bertz CT molecular complexity index is 132. The molecular weight excluding hydrogens is 136 g/mol. The van der Waals surface area contributed by atoms with Crippen molar-refractivity contribution in [3.8, 4) is 0 Å². The number of unbranched alkanes of at least 4 members (excludes halogenated alkanes) is 1.